The van der Waals surface area contributed by atoms with Crippen LogP contribution in [-0.4, -0.2) is 25.8 Å². The van der Waals surface area contributed by atoms with Crippen LogP contribution in [0, 0.1) is 5.92 Å². The molecular weight excluding hydrogens is 206 g/mol. The number of benzene rings is 1. The Morgan fingerprint density at radius 2 is 2.31 bits per heavy atom. The zero-order valence-electron chi connectivity index (χ0n) is 9.02. The van der Waals surface area contributed by atoms with Crippen LogP contribution in [0.1, 0.15) is 16.8 Å². The maximum atomic E-state index is 11.7. The van der Waals surface area contributed by atoms with E-state index in [1.165, 1.54) is 0 Å². The number of hydrogen-bond donors (Lipinski definition) is 1. The minimum absolute atomic E-state index is 0.328. The molecule has 0 spiro atoms. The van der Waals surface area contributed by atoms with Gasteiger partial charge in [-0.2, -0.15) is 0 Å². The summed E-state index contributed by atoms with van der Waals surface area (Å²) in [6.07, 6.45) is 0.956. The van der Waals surface area contributed by atoms with Crippen LogP contribution < -0.4 is 5.73 Å². The molecule has 86 valence electrons. The molecule has 1 aromatic rings. The number of nitrogens with two attached hydrogens (primary N) is 1. The first-order chi connectivity index (χ1) is 7.77. The summed E-state index contributed by atoms with van der Waals surface area (Å²) in [6, 6.07) is 6.92. The van der Waals surface area contributed by atoms with Gasteiger partial charge in [0.05, 0.1) is 18.8 Å². The lowest BCUT2D eigenvalue weighted by Crippen LogP contribution is -2.15. The van der Waals surface area contributed by atoms with Crippen molar-refractivity contribution in [1.82, 2.24) is 0 Å². The van der Waals surface area contributed by atoms with Gasteiger partial charge in [-0.15, -0.1) is 0 Å². The third-order valence-corrected chi connectivity index (χ3v) is 2.65. The molecule has 0 bridgehead atoms. The first-order valence-electron chi connectivity index (χ1n) is 5.37. The number of anilines is 1. The van der Waals surface area contributed by atoms with Gasteiger partial charge in [-0.05, 0) is 18.6 Å². The van der Waals surface area contributed by atoms with Crippen LogP contribution in [0.15, 0.2) is 24.3 Å². The van der Waals surface area contributed by atoms with Gasteiger partial charge in [-0.25, -0.2) is 4.79 Å². The van der Waals surface area contributed by atoms with E-state index in [9.17, 15) is 4.79 Å². The molecule has 1 unspecified atom stereocenters. The highest BCUT2D eigenvalue weighted by Gasteiger charge is 2.18. The first kappa shape index (κ1) is 11.0. The minimum Gasteiger partial charge on any atom is -0.462 e. The van der Waals surface area contributed by atoms with E-state index in [2.05, 4.69) is 0 Å². The Hall–Kier alpha value is -1.55. The third kappa shape index (κ3) is 2.52. The summed E-state index contributed by atoms with van der Waals surface area (Å²) in [5.41, 5.74) is 6.57. The van der Waals surface area contributed by atoms with Crippen molar-refractivity contribution in [3.05, 3.63) is 29.8 Å². The summed E-state index contributed by atoms with van der Waals surface area (Å²) >= 11 is 0. The molecule has 1 aliphatic rings. The summed E-state index contributed by atoms with van der Waals surface area (Å²) in [5.74, 6) is -0.0288. The highest BCUT2D eigenvalue weighted by Crippen LogP contribution is 2.15. The molecule has 16 heavy (non-hydrogen) atoms. The van der Waals surface area contributed by atoms with E-state index in [0.717, 1.165) is 13.0 Å². The van der Waals surface area contributed by atoms with Crippen LogP contribution in [0.5, 0.6) is 0 Å². The van der Waals surface area contributed by atoms with E-state index < -0.39 is 0 Å². The quantitative estimate of drug-likeness (QED) is 0.620. The second-order valence-electron chi connectivity index (χ2n) is 3.92. The van der Waals surface area contributed by atoms with Gasteiger partial charge in [0.25, 0.3) is 0 Å². The maximum Gasteiger partial charge on any atom is 0.340 e. The number of esters is 1. The Balaban J connectivity index is 1.90. The van der Waals surface area contributed by atoms with Crippen LogP contribution in [0.4, 0.5) is 5.69 Å². The van der Waals surface area contributed by atoms with E-state index in [0.29, 0.717) is 30.4 Å². The smallest absolute Gasteiger partial charge is 0.340 e. The molecule has 0 radical (unpaired) electrons. The van der Waals surface area contributed by atoms with Crippen LogP contribution in [-0.2, 0) is 9.47 Å². The predicted molar refractivity (Wildman–Crippen MR) is 60.1 cm³/mol. The van der Waals surface area contributed by atoms with E-state index in [1.54, 1.807) is 24.3 Å². The first-order valence-corrected chi connectivity index (χ1v) is 5.37. The standard InChI is InChI=1S/C12H15NO3/c13-11-4-2-1-3-10(11)12(14)16-8-9-5-6-15-7-9/h1-4,9H,5-8,13H2. The molecule has 0 aromatic heterocycles. The normalized spacial score (nSPS) is 19.6. The molecule has 1 heterocycles. The van der Waals surface area contributed by atoms with Crippen LogP contribution in [0.3, 0.4) is 0 Å². The fourth-order valence-corrected chi connectivity index (χ4v) is 1.67. The minimum atomic E-state index is -0.356. The summed E-state index contributed by atoms with van der Waals surface area (Å²) in [4.78, 5) is 11.7. The molecule has 2 rings (SSSR count). The lowest BCUT2D eigenvalue weighted by atomic mass is 10.1. The van der Waals surface area contributed by atoms with Crippen LogP contribution in [0.25, 0.3) is 0 Å². The molecule has 1 atom stereocenters. The largest absolute Gasteiger partial charge is 0.462 e. The molecule has 0 saturated carbocycles. The van der Waals surface area contributed by atoms with E-state index in [-0.39, 0.29) is 5.97 Å². The molecule has 4 nitrogen and oxygen atoms in total. The number of carbonyl (C=O) groups excluding carboxylic acids is 1. The monoisotopic (exact) mass is 221 g/mol. The van der Waals surface area contributed by atoms with Crippen molar-refractivity contribution in [3.8, 4) is 0 Å². The molecule has 0 aliphatic carbocycles. The van der Waals surface area contributed by atoms with E-state index in [1.807, 2.05) is 0 Å². The van der Waals surface area contributed by atoms with E-state index in [4.69, 9.17) is 15.2 Å². The second kappa shape index (κ2) is 4.99. The van der Waals surface area contributed by atoms with Gasteiger partial charge in [-0.1, -0.05) is 12.1 Å². The lowest BCUT2D eigenvalue weighted by Gasteiger charge is -2.09. The maximum absolute atomic E-state index is 11.7. The molecule has 1 fully saturated rings. The summed E-state index contributed by atoms with van der Waals surface area (Å²) in [6.45, 7) is 1.85. The van der Waals surface area contributed by atoms with Crippen molar-refractivity contribution in [2.45, 2.75) is 6.42 Å². The molecule has 1 aliphatic heterocycles. The molecule has 1 saturated heterocycles. The SMILES string of the molecule is Nc1ccccc1C(=O)OCC1CCOC1. The number of nitrogen functional groups attached to an aromatic ring is 1. The molecule has 1 aromatic carbocycles. The molecule has 2 N–H and O–H groups in total. The Morgan fingerprint density at radius 1 is 1.50 bits per heavy atom. The number of para-hydroxylation sites is 1. The Labute approximate surface area is 94.3 Å². The Kier molecular flexibility index (Phi) is 3.41. The molecule has 0 amide bonds. The van der Waals surface area contributed by atoms with Crippen molar-refractivity contribution in [1.29, 1.82) is 0 Å². The highest BCUT2D eigenvalue weighted by atomic mass is 16.5. The number of ether oxygens (including phenoxy) is 2. The van der Waals surface area contributed by atoms with Gasteiger partial charge in [-0.3, -0.25) is 0 Å². The predicted octanol–water partition coefficient (Wildman–Crippen LogP) is 1.46. The average Bonchev–Trinajstić information content (AvgIpc) is 2.79. The number of carbonyl (C=O) groups is 1. The van der Waals surface area contributed by atoms with Crippen LogP contribution >= 0.6 is 0 Å². The van der Waals surface area contributed by atoms with Crippen molar-refractivity contribution < 1.29 is 14.3 Å². The fourth-order valence-electron chi connectivity index (χ4n) is 1.67. The molecular formula is C12H15NO3. The summed E-state index contributed by atoms with van der Waals surface area (Å²) in [7, 11) is 0. The fraction of sp³-hybridized carbons (Fsp3) is 0.417. The van der Waals surface area contributed by atoms with Gasteiger partial charge >= 0.3 is 5.97 Å². The van der Waals surface area contributed by atoms with Gasteiger partial charge in [0.2, 0.25) is 0 Å². The number of rotatable bonds is 3. The van der Waals surface area contributed by atoms with Crippen molar-refractivity contribution in [2.24, 2.45) is 5.92 Å². The highest BCUT2D eigenvalue weighted by molar-refractivity contribution is 5.94. The zero-order chi connectivity index (χ0) is 11.4. The third-order valence-electron chi connectivity index (χ3n) is 2.65. The second-order valence-corrected chi connectivity index (χ2v) is 3.92. The average molecular weight is 221 g/mol. The molecule has 4 heteroatoms. The Morgan fingerprint density at radius 3 is 3.00 bits per heavy atom. The number of hydrogen-bond acceptors (Lipinski definition) is 4. The van der Waals surface area contributed by atoms with Crippen molar-refractivity contribution in [2.75, 3.05) is 25.6 Å². The zero-order valence-corrected chi connectivity index (χ0v) is 9.02. The lowest BCUT2D eigenvalue weighted by molar-refractivity contribution is 0.0429. The van der Waals surface area contributed by atoms with Crippen molar-refractivity contribution >= 4 is 11.7 Å². The van der Waals surface area contributed by atoms with Gasteiger partial charge in [0.15, 0.2) is 0 Å². The van der Waals surface area contributed by atoms with Gasteiger partial charge in [0.1, 0.15) is 0 Å². The van der Waals surface area contributed by atoms with Gasteiger partial charge < -0.3 is 15.2 Å². The van der Waals surface area contributed by atoms with Gasteiger partial charge in [0, 0.05) is 18.2 Å². The Bertz CT molecular complexity index is 372. The topological polar surface area (TPSA) is 61.6 Å². The summed E-state index contributed by atoms with van der Waals surface area (Å²) in [5, 5.41) is 0. The van der Waals surface area contributed by atoms with Crippen LogP contribution in [0.2, 0.25) is 0 Å². The van der Waals surface area contributed by atoms with Crippen molar-refractivity contribution in [3.63, 3.8) is 0 Å². The van der Waals surface area contributed by atoms with E-state index >= 15 is 0 Å². The summed E-state index contributed by atoms with van der Waals surface area (Å²) < 4.78 is 10.4.